The SMILES string of the molecule is COc1ccc(NS(=O)(=O)c2ccc(NC(=O)[C@@H](C)Oc3ccc(C(C)(C)C)cc3)cc2)c(OC)c1. The van der Waals surface area contributed by atoms with E-state index < -0.39 is 16.1 Å². The zero-order chi connectivity index (χ0) is 26.5. The number of sulfonamides is 1. The topological polar surface area (TPSA) is 103 Å². The van der Waals surface area contributed by atoms with Crippen LogP contribution in [0, 0.1) is 0 Å². The molecule has 0 bridgehead atoms. The summed E-state index contributed by atoms with van der Waals surface area (Å²) in [5.74, 6) is 1.09. The molecule has 1 amide bonds. The van der Waals surface area contributed by atoms with Gasteiger partial charge in [-0.3, -0.25) is 9.52 Å². The molecule has 36 heavy (non-hydrogen) atoms. The molecule has 0 aliphatic carbocycles. The molecule has 9 heteroatoms. The Hall–Kier alpha value is -3.72. The molecule has 3 rings (SSSR count). The Morgan fingerprint density at radius 2 is 1.47 bits per heavy atom. The number of benzene rings is 3. The number of carbonyl (C=O) groups excluding carboxylic acids is 1. The third kappa shape index (κ3) is 6.69. The molecular weight excluding hydrogens is 480 g/mol. The van der Waals surface area contributed by atoms with Crippen LogP contribution in [0.5, 0.6) is 17.2 Å². The highest BCUT2D eigenvalue weighted by molar-refractivity contribution is 7.92. The minimum Gasteiger partial charge on any atom is -0.497 e. The fourth-order valence-electron chi connectivity index (χ4n) is 3.34. The van der Waals surface area contributed by atoms with Gasteiger partial charge in [0.1, 0.15) is 17.2 Å². The molecule has 8 nitrogen and oxygen atoms in total. The van der Waals surface area contributed by atoms with E-state index in [0.29, 0.717) is 22.9 Å². The predicted octanol–water partition coefficient (Wildman–Crippen LogP) is 5.21. The summed E-state index contributed by atoms with van der Waals surface area (Å²) >= 11 is 0. The van der Waals surface area contributed by atoms with Crippen molar-refractivity contribution in [2.45, 2.75) is 44.1 Å². The van der Waals surface area contributed by atoms with Crippen LogP contribution in [0.15, 0.2) is 71.6 Å². The monoisotopic (exact) mass is 512 g/mol. The fourth-order valence-corrected chi connectivity index (χ4v) is 4.41. The van der Waals surface area contributed by atoms with Crippen LogP contribution in [-0.4, -0.2) is 34.6 Å². The van der Waals surface area contributed by atoms with Crippen LogP contribution in [0.4, 0.5) is 11.4 Å². The summed E-state index contributed by atoms with van der Waals surface area (Å²) in [4.78, 5) is 12.6. The van der Waals surface area contributed by atoms with E-state index in [0.717, 1.165) is 0 Å². The zero-order valence-electron chi connectivity index (χ0n) is 21.3. The molecule has 0 spiro atoms. The summed E-state index contributed by atoms with van der Waals surface area (Å²) in [6.45, 7) is 8.03. The van der Waals surface area contributed by atoms with E-state index in [9.17, 15) is 13.2 Å². The van der Waals surface area contributed by atoms with E-state index in [1.807, 2.05) is 24.3 Å². The average molecular weight is 513 g/mol. The summed E-state index contributed by atoms with van der Waals surface area (Å²) in [7, 11) is -0.940. The van der Waals surface area contributed by atoms with E-state index >= 15 is 0 Å². The number of ether oxygens (including phenoxy) is 3. The van der Waals surface area contributed by atoms with Crippen LogP contribution in [0.2, 0.25) is 0 Å². The van der Waals surface area contributed by atoms with Gasteiger partial charge in [0.05, 0.1) is 24.8 Å². The first-order valence-corrected chi connectivity index (χ1v) is 12.8. The Balaban J connectivity index is 1.64. The maximum Gasteiger partial charge on any atom is 0.265 e. The van der Waals surface area contributed by atoms with Crippen LogP contribution in [0.3, 0.4) is 0 Å². The van der Waals surface area contributed by atoms with Crippen LogP contribution < -0.4 is 24.2 Å². The van der Waals surface area contributed by atoms with Gasteiger partial charge in [-0.2, -0.15) is 0 Å². The zero-order valence-corrected chi connectivity index (χ0v) is 22.1. The van der Waals surface area contributed by atoms with E-state index in [2.05, 4.69) is 30.8 Å². The summed E-state index contributed by atoms with van der Waals surface area (Å²) in [6, 6.07) is 18.3. The van der Waals surface area contributed by atoms with Gasteiger partial charge < -0.3 is 19.5 Å². The Bertz CT molecular complexity index is 1300. The van der Waals surface area contributed by atoms with Gasteiger partial charge in [-0.1, -0.05) is 32.9 Å². The molecule has 0 heterocycles. The first kappa shape index (κ1) is 26.9. The Kier molecular flexibility index (Phi) is 8.14. The van der Waals surface area contributed by atoms with Crippen LogP contribution in [-0.2, 0) is 20.2 Å². The number of carbonyl (C=O) groups is 1. The van der Waals surface area contributed by atoms with Gasteiger partial charge >= 0.3 is 0 Å². The molecule has 192 valence electrons. The first-order valence-electron chi connectivity index (χ1n) is 11.4. The second-order valence-corrected chi connectivity index (χ2v) is 10.9. The number of anilines is 2. The second kappa shape index (κ2) is 10.9. The van der Waals surface area contributed by atoms with Crippen LogP contribution in [0.25, 0.3) is 0 Å². The van der Waals surface area contributed by atoms with Gasteiger partial charge in [0.2, 0.25) is 0 Å². The predicted molar refractivity (Wildman–Crippen MR) is 141 cm³/mol. The van der Waals surface area contributed by atoms with Crippen molar-refractivity contribution in [3.05, 3.63) is 72.3 Å². The molecule has 0 fully saturated rings. The quantitative estimate of drug-likeness (QED) is 0.408. The minimum atomic E-state index is -3.89. The molecule has 3 aromatic carbocycles. The van der Waals surface area contributed by atoms with Gasteiger partial charge in [-0.25, -0.2) is 8.42 Å². The molecule has 0 saturated heterocycles. The first-order chi connectivity index (χ1) is 16.9. The van der Waals surface area contributed by atoms with E-state index in [4.69, 9.17) is 14.2 Å². The normalized spacial score (nSPS) is 12.4. The average Bonchev–Trinajstić information content (AvgIpc) is 2.84. The highest BCUT2D eigenvalue weighted by Gasteiger charge is 2.19. The van der Waals surface area contributed by atoms with Crippen molar-refractivity contribution >= 4 is 27.3 Å². The largest absolute Gasteiger partial charge is 0.497 e. The lowest BCUT2D eigenvalue weighted by Crippen LogP contribution is -2.30. The van der Waals surface area contributed by atoms with E-state index in [1.54, 1.807) is 25.1 Å². The number of nitrogens with one attached hydrogen (secondary N) is 2. The molecule has 2 N–H and O–H groups in total. The van der Waals surface area contributed by atoms with E-state index in [1.165, 1.54) is 44.0 Å². The maximum absolute atomic E-state index is 12.8. The summed E-state index contributed by atoms with van der Waals surface area (Å²) in [5, 5.41) is 2.74. The Labute approximate surface area is 212 Å². The minimum absolute atomic E-state index is 0.0252. The van der Waals surface area contributed by atoms with Crippen molar-refractivity contribution in [2.75, 3.05) is 24.3 Å². The van der Waals surface area contributed by atoms with Crippen LogP contribution in [0.1, 0.15) is 33.3 Å². The summed E-state index contributed by atoms with van der Waals surface area (Å²) in [6.07, 6.45) is -0.752. The third-order valence-electron chi connectivity index (χ3n) is 5.49. The standard InChI is InChI=1S/C27H32N2O6S/c1-18(35-21-11-7-19(8-12-21)27(2,3)4)26(30)28-20-9-14-23(15-10-20)36(31,32)29-24-16-13-22(33-5)17-25(24)34-6/h7-18,29H,1-6H3,(H,28,30)/t18-/m1/s1. The molecule has 0 aromatic heterocycles. The molecule has 3 aromatic rings. The number of hydrogen-bond acceptors (Lipinski definition) is 6. The van der Waals surface area contributed by atoms with Crippen molar-refractivity contribution in [2.24, 2.45) is 0 Å². The molecule has 1 atom stereocenters. The van der Waals surface area contributed by atoms with Crippen molar-refractivity contribution in [1.29, 1.82) is 0 Å². The van der Waals surface area contributed by atoms with Gasteiger partial charge in [0.25, 0.3) is 15.9 Å². The van der Waals surface area contributed by atoms with Gasteiger partial charge in [-0.05, 0) is 66.4 Å². The van der Waals surface area contributed by atoms with Crippen molar-refractivity contribution in [3.63, 3.8) is 0 Å². The number of rotatable bonds is 9. The van der Waals surface area contributed by atoms with Gasteiger partial charge in [0, 0.05) is 11.8 Å². The maximum atomic E-state index is 12.8. The second-order valence-electron chi connectivity index (χ2n) is 9.22. The lowest BCUT2D eigenvalue weighted by molar-refractivity contribution is -0.122. The lowest BCUT2D eigenvalue weighted by Gasteiger charge is -2.20. The molecule has 0 aliphatic rings. The molecule has 0 aliphatic heterocycles. The Morgan fingerprint density at radius 1 is 0.861 bits per heavy atom. The van der Waals surface area contributed by atoms with Crippen molar-refractivity contribution in [3.8, 4) is 17.2 Å². The third-order valence-corrected chi connectivity index (χ3v) is 6.87. The highest BCUT2D eigenvalue weighted by Crippen LogP contribution is 2.31. The van der Waals surface area contributed by atoms with Gasteiger partial charge in [0.15, 0.2) is 6.10 Å². The van der Waals surface area contributed by atoms with E-state index in [-0.39, 0.29) is 21.9 Å². The smallest absolute Gasteiger partial charge is 0.265 e. The molecule has 0 saturated carbocycles. The van der Waals surface area contributed by atoms with Crippen LogP contribution >= 0.6 is 0 Å². The number of hydrogen-bond donors (Lipinski definition) is 2. The lowest BCUT2D eigenvalue weighted by atomic mass is 9.87. The highest BCUT2D eigenvalue weighted by atomic mass is 32.2. The molecule has 0 radical (unpaired) electrons. The summed E-state index contributed by atoms with van der Waals surface area (Å²) < 4.78 is 44.4. The summed E-state index contributed by atoms with van der Waals surface area (Å²) in [5.41, 5.74) is 1.91. The number of methoxy groups -OCH3 is 2. The molecular formula is C27H32N2O6S. The Morgan fingerprint density at radius 3 is 2.03 bits per heavy atom. The number of amides is 1. The van der Waals surface area contributed by atoms with Gasteiger partial charge in [-0.15, -0.1) is 0 Å². The van der Waals surface area contributed by atoms with Crippen molar-refractivity contribution in [1.82, 2.24) is 0 Å². The van der Waals surface area contributed by atoms with Crippen molar-refractivity contribution < 1.29 is 27.4 Å². The fraction of sp³-hybridized carbons (Fsp3) is 0.296. The molecule has 0 unspecified atom stereocenters.